The van der Waals surface area contributed by atoms with Gasteiger partial charge in [-0.15, -0.1) is 0 Å². The van der Waals surface area contributed by atoms with Crippen LogP contribution >= 0.6 is 0 Å². The Kier molecular flexibility index (Phi) is 4.34. The molecule has 2 fully saturated rings. The average molecular weight is 277 g/mol. The van der Waals surface area contributed by atoms with E-state index < -0.39 is 0 Å². The molecule has 20 heavy (non-hydrogen) atoms. The Labute approximate surface area is 120 Å². The van der Waals surface area contributed by atoms with E-state index in [1.807, 2.05) is 12.1 Å². The third-order valence-electron chi connectivity index (χ3n) is 4.78. The van der Waals surface area contributed by atoms with Crippen LogP contribution in [0.1, 0.15) is 30.9 Å². The van der Waals surface area contributed by atoms with E-state index in [1.165, 1.54) is 38.4 Å². The number of nitrogens with two attached hydrogens (primary N) is 1. The molecule has 1 aromatic carbocycles. The van der Waals surface area contributed by atoms with Gasteiger partial charge in [-0.25, -0.2) is 4.39 Å². The zero-order valence-electron chi connectivity index (χ0n) is 12.0. The lowest BCUT2D eigenvalue weighted by molar-refractivity contribution is 0.200. The predicted molar refractivity (Wildman–Crippen MR) is 79.0 cm³/mol. The smallest absolute Gasteiger partial charge is 0.128 e. The van der Waals surface area contributed by atoms with E-state index >= 15 is 0 Å². The standard InChI is InChI=1S/C16H24FN3/c17-15-6-2-1-5-14(15)16(11-18)20-10-7-13(12-20)19-8-3-4-9-19/h1-2,5-6,13,16H,3-4,7-12,18H2. The number of hydrogen-bond donors (Lipinski definition) is 1. The van der Waals surface area contributed by atoms with Crippen LogP contribution in [0.4, 0.5) is 4.39 Å². The molecule has 2 saturated heterocycles. The van der Waals surface area contributed by atoms with Crippen molar-refractivity contribution in [2.75, 3.05) is 32.7 Å². The second-order valence-electron chi connectivity index (χ2n) is 5.95. The van der Waals surface area contributed by atoms with Crippen molar-refractivity contribution in [3.63, 3.8) is 0 Å². The van der Waals surface area contributed by atoms with Gasteiger partial charge in [0.05, 0.1) is 0 Å². The predicted octanol–water partition coefficient (Wildman–Crippen LogP) is 2.00. The van der Waals surface area contributed by atoms with Crippen LogP contribution in [0, 0.1) is 5.82 Å². The summed E-state index contributed by atoms with van der Waals surface area (Å²) in [6.07, 6.45) is 3.83. The van der Waals surface area contributed by atoms with E-state index in [0.717, 1.165) is 18.7 Å². The fourth-order valence-corrected chi connectivity index (χ4v) is 3.67. The van der Waals surface area contributed by atoms with Crippen LogP contribution < -0.4 is 5.73 Å². The van der Waals surface area contributed by atoms with Gasteiger partial charge in [0, 0.05) is 37.3 Å². The molecule has 2 heterocycles. The highest BCUT2D eigenvalue weighted by atomic mass is 19.1. The van der Waals surface area contributed by atoms with Gasteiger partial charge in [0.25, 0.3) is 0 Å². The van der Waals surface area contributed by atoms with Gasteiger partial charge in [-0.3, -0.25) is 9.80 Å². The molecule has 1 aromatic rings. The van der Waals surface area contributed by atoms with Crippen molar-refractivity contribution in [3.8, 4) is 0 Å². The van der Waals surface area contributed by atoms with Gasteiger partial charge in [-0.05, 0) is 38.4 Å². The first-order valence-corrected chi connectivity index (χ1v) is 7.72. The van der Waals surface area contributed by atoms with Crippen LogP contribution in [0.15, 0.2) is 24.3 Å². The van der Waals surface area contributed by atoms with E-state index in [-0.39, 0.29) is 11.9 Å². The fraction of sp³-hybridized carbons (Fsp3) is 0.625. The molecular formula is C16H24FN3. The lowest BCUT2D eigenvalue weighted by Gasteiger charge is -2.29. The summed E-state index contributed by atoms with van der Waals surface area (Å²) >= 11 is 0. The van der Waals surface area contributed by atoms with E-state index in [4.69, 9.17) is 5.73 Å². The first-order valence-electron chi connectivity index (χ1n) is 7.72. The van der Waals surface area contributed by atoms with Gasteiger partial charge in [0.1, 0.15) is 5.82 Å². The molecule has 3 nitrogen and oxygen atoms in total. The largest absolute Gasteiger partial charge is 0.329 e. The molecule has 2 unspecified atom stereocenters. The Balaban J connectivity index is 1.70. The summed E-state index contributed by atoms with van der Waals surface area (Å²) < 4.78 is 14.0. The summed E-state index contributed by atoms with van der Waals surface area (Å²) in [4.78, 5) is 4.95. The third-order valence-corrected chi connectivity index (χ3v) is 4.78. The summed E-state index contributed by atoms with van der Waals surface area (Å²) in [7, 11) is 0. The monoisotopic (exact) mass is 277 g/mol. The molecular weight excluding hydrogens is 253 g/mol. The van der Waals surface area contributed by atoms with Gasteiger partial charge in [-0.1, -0.05) is 18.2 Å². The Bertz CT molecular complexity index is 445. The molecule has 2 aliphatic rings. The molecule has 0 spiro atoms. The molecule has 0 saturated carbocycles. The molecule has 4 heteroatoms. The van der Waals surface area contributed by atoms with Crippen molar-refractivity contribution in [2.45, 2.75) is 31.3 Å². The van der Waals surface area contributed by atoms with Crippen molar-refractivity contribution < 1.29 is 4.39 Å². The number of hydrogen-bond acceptors (Lipinski definition) is 3. The highest BCUT2D eigenvalue weighted by Gasteiger charge is 2.33. The fourth-order valence-electron chi connectivity index (χ4n) is 3.67. The number of halogens is 1. The molecule has 0 bridgehead atoms. The van der Waals surface area contributed by atoms with Gasteiger partial charge < -0.3 is 5.73 Å². The summed E-state index contributed by atoms with van der Waals surface area (Å²) in [6, 6.07) is 7.70. The van der Waals surface area contributed by atoms with Crippen molar-refractivity contribution in [2.24, 2.45) is 5.73 Å². The van der Waals surface area contributed by atoms with Crippen LogP contribution in [0.3, 0.4) is 0 Å². The molecule has 2 atom stereocenters. The van der Waals surface area contributed by atoms with Gasteiger partial charge >= 0.3 is 0 Å². The van der Waals surface area contributed by atoms with Crippen LogP contribution in [0.25, 0.3) is 0 Å². The number of nitrogens with zero attached hydrogens (tertiary/aromatic N) is 2. The Hall–Kier alpha value is -0.970. The summed E-state index contributed by atoms with van der Waals surface area (Å²) in [5.74, 6) is -0.132. The van der Waals surface area contributed by atoms with Crippen molar-refractivity contribution >= 4 is 0 Å². The van der Waals surface area contributed by atoms with Gasteiger partial charge in [0.2, 0.25) is 0 Å². The molecule has 110 valence electrons. The number of rotatable bonds is 4. The molecule has 0 amide bonds. The second-order valence-corrected chi connectivity index (χ2v) is 5.95. The molecule has 0 aliphatic carbocycles. The highest BCUT2D eigenvalue weighted by Crippen LogP contribution is 2.29. The molecule has 2 aliphatic heterocycles. The maximum absolute atomic E-state index is 14.0. The maximum atomic E-state index is 14.0. The minimum atomic E-state index is -0.132. The Morgan fingerprint density at radius 3 is 2.65 bits per heavy atom. The minimum Gasteiger partial charge on any atom is -0.329 e. The average Bonchev–Trinajstić information content (AvgIpc) is 3.12. The van der Waals surface area contributed by atoms with Gasteiger partial charge in [0.15, 0.2) is 0 Å². The summed E-state index contributed by atoms with van der Waals surface area (Å²) in [5.41, 5.74) is 6.68. The topological polar surface area (TPSA) is 32.5 Å². The van der Waals surface area contributed by atoms with E-state index in [2.05, 4.69) is 9.80 Å². The van der Waals surface area contributed by atoms with E-state index in [9.17, 15) is 4.39 Å². The van der Waals surface area contributed by atoms with Crippen LogP contribution in [0.2, 0.25) is 0 Å². The van der Waals surface area contributed by atoms with E-state index in [1.54, 1.807) is 6.07 Å². The minimum absolute atomic E-state index is 0.0174. The number of likely N-dealkylation sites (tertiary alicyclic amines) is 2. The molecule has 0 radical (unpaired) electrons. The highest BCUT2D eigenvalue weighted by molar-refractivity contribution is 5.22. The Morgan fingerprint density at radius 2 is 1.95 bits per heavy atom. The van der Waals surface area contributed by atoms with Crippen molar-refractivity contribution in [1.29, 1.82) is 0 Å². The molecule has 0 aromatic heterocycles. The first-order chi connectivity index (χ1) is 9.79. The number of benzene rings is 1. The Morgan fingerprint density at radius 1 is 1.20 bits per heavy atom. The third kappa shape index (κ3) is 2.73. The van der Waals surface area contributed by atoms with Crippen LogP contribution in [-0.4, -0.2) is 48.6 Å². The maximum Gasteiger partial charge on any atom is 0.128 e. The lowest BCUT2D eigenvalue weighted by Crippen LogP contribution is -2.38. The van der Waals surface area contributed by atoms with Crippen molar-refractivity contribution in [3.05, 3.63) is 35.6 Å². The summed E-state index contributed by atoms with van der Waals surface area (Å²) in [5, 5.41) is 0. The van der Waals surface area contributed by atoms with E-state index in [0.29, 0.717) is 12.6 Å². The second kappa shape index (κ2) is 6.20. The first kappa shape index (κ1) is 14.0. The summed E-state index contributed by atoms with van der Waals surface area (Å²) in [6.45, 7) is 4.98. The molecule has 2 N–H and O–H groups in total. The van der Waals surface area contributed by atoms with Crippen LogP contribution in [0.5, 0.6) is 0 Å². The SMILES string of the molecule is NCC(c1ccccc1F)N1CCC(N2CCCC2)C1. The quantitative estimate of drug-likeness (QED) is 0.913. The normalized spacial score (nSPS) is 26.2. The van der Waals surface area contributed by atoms with Gasteiger partial charge in [-0.2, -0.15) is 0 Å². The zero-order chi connectivity index (χ0) is 13.9. The van der Waals surface area contributed by atoms with Crippen LogP contribution in [-0.2, 0) is 0 Å². The molecule has 3 rings (SSSR count). The zero-order valence-corrected chi connectivity index (χ0v) is 12.0. The lowest BCUT2D eigenvalue weighted by atomic mass is 10.1. The van der Waals surface area contributed by atoms with Crippen molar-refractivity contribution in [1.82, 2.24) is 9.80 Å².